The SMILES string of the molecule is CCOc1ccc(CC(OC(C)C)C(=O)O)cc1NC(=O)OCc1ccc(Cl)cc1Cl. The maximum Gasteiger partial charge on any atom is 0.412 e. The number of rotatable bonds is 10. The van der Waals surface area contributed by atoms with E-state index in [0.29, 0.717) is 39.2 Å². The molecule has 0 heterocycles. The Morgan fingerprint density at radius 3 is 2.48 bits per heavy atom. The van der Waals surface area contributed by atoms with Crippen molar-refractivity contribution in [2.75, 3.05) is 11.9 Å². The largest absolute Gasteiger partial charge is 0.492 e. The molecule has 7 nitrogen and oxygen atoms in total. The highest BCUT2D eigenvalue weighted by Gasteiger charge is 2.21. The minimum atomic E-state index is -1.06. The van der Waals surface area contributed by atoms with Crippen LogP contribution < -0.4 is 10.1 Å². The van der Waals surface area contributed by atoms with Gasteiger partial charge in [0, 0.05) is 22.0 Å². The summed E-state index contributed by atoms with van der Waals surface area (Å²) in [7, 11) is 0. The smallest absolute Gasteiger partial charge is 0.412 e. The average Bonchev–Trinajstić information content (AvgIpc) is 2.68. The normalized spacial score (nSPS) is 11.8. The lowest BCUT2D eigenvalue weighted by atomic mass is 10.1. The van der Waals surface area contributed by atoms with E-state index in [9.17, 15) is 14.7 Å². The molecular formula is C22H25Cl2NO6. The molecule has 0 spiro atoms. The Kier molecular flexibility index (Phi) is 9.43. The number of ether oxygens (including phenoxy) is 3. The van der Waals surface area contributed by atoms with Crippen LogP contribution in [0.2, 0.25) is 10.0 Å². The van der Waals surface area contributed by atoms with E-state index >= 15 is 0 Å². The number of carboxylic acids is 1. The quantitative estimate of drug-likeness (QED) is 0.472. The van der Waals surface area contributed by atoms with Crippen LogP contribution >= 0.6 is 23.2 Å². The molecule has 2 aromatic carbocycles. The summed E-state index contributed by atoms with van der Waals surface area (Å²) in [6.07, 6.45) is -1.83. The molecule has 168 valence electrons. The molecule has 1 unspecified atom stereocenters. The second kappa shape index (κ2) is 11.8. The Hall–Kier alpha value is -2.48. The third-order valence-electron chi connectivity index (χ3n) is 4.09. The average molecular weight is 470 g/mol. The van der Waals surface area contributed by atoms with Crippen molar-refractivity contribution in [2.24, 2.45) is 0 Å². The molecule has 2 aromatic rings. The highest BCUT2D eigenvalue weighted by molar-refractivity contribution is 6.35. The number of carboxylic acid groups (broad SMARTS) is 1. The van der Waals surface area contributed by atoms with E-state index < -0.39 is 18.2 Å². The zero-order valence-corrected chi connectivity index (χ0v) is 19.0. The lowest BCUT2D eigenvalue weighted by Crippen LogP contribution is -2.29. The maximum absolute atomic E-state index is 12.3. The van der Waals surface area contributed by atoms with Crippen molar-refractivity contribution >= 4 is 41.0 Å². The van der Waals surface area contributed by atoms with Gasteiger partial charge in [0.15, 0.2) is 6.10 Å². The van der Waals surface area contributed by atoms with E-state index in [4.69, 9.17) is 37.4 Å². The van der Waals surface area contributed by atoms with Crippen LogP contribution in [0.25, 0.3) is 0 Å². The molecule has 0 fully saturated rings. The van der Waals surface area contributed by atoms with Crippen LogP contribution in [0, 0.1) is 0 Å². The predicted molar refractivity (Wildman–Crippen MR) is 119 cm³/mol. The van der Waals surface area contributed by atoms with Crippen LogP contribution in [0.3, 0.4) is 0 Å². The molecular weight excluding hydrogens is 445 g/mol. The van der Waals surface area contributed by atoms with Gasteiger partial charge in [0.2, 0.25) is 0 Å². The van der Waals surface area contributed by atoms with Gasteiger partial charge in [-0.2, -0.15) is 0 Å². The summed E-state index contributed by atoms with van der Waals surface area (Å²) in [5.41, 5.74) is 1.63. The number of benzene rings is 2. The Labute approximate surface area is 191 Å². The molecule has 31 heavy (non-hydrogen) atoms. The Morgan fingerprint density at radius 1 is 1.13 bits per heavy atom. The summed E-state index contributed by atoms with van der Waals surface area (Å²) >= 11 is 12.0. The fraction of sp³-hybridized carbons (Fsp3) is 0.364. The van der Waals surface area contributed by atoms with Gasteiger partial charge in [-0.05, 0) is 50.6 Å². The number of aliphatic carboxylic acids is 1. The van der Waals surface area contributed by atoms with E-state index in [2.05, 4.69) is 5.32 Å². The van der Waals surface area contributed by atoms with E-state index in [0.717, 1.165) is 0 Å². The molecule has 0 aliphatic carbocycles. The van der Waals surface area contributed by atoms with Gasteiger partial charge in [-0.15, -0.1) is 0 Å². The lowest BCUT2D eigenvalue weighted by Gasteiger charge is -2.18. The first kappa shape index (κ1) is 24.8. The van der Waals surface area contributed by atoms with Crippen LogP contribution in [0.15, 0.2) is 36.4 Å². The van der Waals surface area contributed by atoms with E-state index in [1.807, 2.05) is 6.92 Å². The molecule has 0 bridgehead atoms. The molecule has 2 N–H and O–H groups in total. The third kappa shape index (κ3) is 7.94. The summed E-state index contributed by atoms with van der Waals surface area (Å²) in [6, 6.07) is 9.92. The van der Waals surface area contributed by atoms with Crippen LogP contribution in [0.5, 0.6) is 5.75 Å². The van der Waals surface area contributed by atoms with Gasteiger partial charge in [0.1, 0.15) is 12.4 Å². The zero-order chi connectivity index (χ0) is 23.0. The van der Waals surface area contributed by atoms with Crippen LogP contribution in [-0.2, 0) is 27.3 Å². The Morgan fingerprint density at radius 2 is 1.87 bits per heavy atom. The highest BCUT2D eigenvalue weighted by atomic mass is 35.5. The van der Waals surface area contributed by atoms with Crippen molar-refractivity contribution in [1.82, 2.24) is 0 Å². The summed E-state index contributed by atoms with van der Waals surface area (Å²) in [4.78, 5) is 23.8. The van der Waals surface area contributed by atoms with Gasteiger partial charge in [-0.3, -0.25) is 5.32 Å². The predicted octanol–water partition coefficient (Wildman–Crippen LogP) is 5.56. The van der Waals surface area contributed by atoms with E-state index in [-0.39, 0.29) is 19.1 Å². The van der Waals surface area contributed by atoms with Gasteiger partial charge in [-0.25, -0.2) is 9.59 Å². The molecule has 0 aliphatic heterocycles. The van der Waals surface area contributed by atoms with E-state index in [1.165, 1.54) is 0 Å². The Bertz CT molecular complexity index is 919. The zero-order valence-electron chi connectivity index (χ0n) is 17.5. The van der Waals surface area contributed by atoms with Crippen molar-refractivity contribution in [3.05, 3.63) is 57.6 Å². The summed E-state index contributed by atoms with van der Waals surface area (Å²) < 4.78 is 16.3. The number of hydrogen-bond donors (Lipinski definition) is 2. The lowest BCUT2D eigenvalue weighted by molar-refractivity contribution is -0.153. The molecule has 0 aromatic heterocycles. The first-order valence-corrected chi connectivity index (χ1v) is 10.5. The minimum Gasteiger partial charge on any atom is -0.492 e. The highest BCUT2D eigenvalue weighted by Crippen LogP contribution is 2.28. The molecule has 0 saturated heterocycles. The summed E-state index contributed by atoms with van der Waals surface area (Å²) in [5, 5.41) is 12.9. The van der Waals surface area contributed by atoms with Crippen LogP contribution in [0.1, 0.15) is 31.9 Å². The van der Waals surface area contributed by atoms with Gasteiger partial charge in [0.05, 0.1) is 18.4 Å². The van der Waals surface area contributed by atoms with Crippen molar-refractivity contribution < 1.29 is 28.9 Å². The maximum atomic E-state index is 12.3. The molecule has 2 rings (SSSR count). The fourth-order valence-electron chi connectivity index (χ4n) is 2.75. The number of amides is 1. The van der Waals surface area contributed by atoms with Crippen molar-refractivity contribution in [2.45, 2.75) is 46.0 Å². The standard InChI is InChI=1S/C22H25Cl2NO6/c1-4-29-19-8-5-14(10-20(21(26)27)31-13(2)3)9-18(19)25-22(28)30-12-15-6-7-16(23)11-17(15)24/h5-9,11,13,20H,4,10,12H2,1-3H3,(H,25,28)(H,26,27). The van der Waals surface area contributed by atoms with Crippen molar-refractivity contribution in [1.29, 1.82) is 0 Å². The van der Waals surface area contributed by atoms with Crippen molar-refractivity contribution in [3.8, 4) is 5.75 Å². The molecule has 0 radical (unpaired) electrons. The topological polar surface area (TPSA) is 94.1 Å². The molecule has 0 aliphatic rings. The molecule has 1 atom stereocenters. The Balaban J connectivity index is 2.12. The number of hydrogen-bond acceptors (Lipinski definition) is 5. The molecule has 1 amide bonds. The third-order valence-corrected chi connectivity index (χ3v) is 4.67. The number of anilines is 1. The van der Waals surface area contributed by atoms with Crippen LogP contribution in [0.4, 0.5) is 10.5 Å². The van der Waals surface area contributed by atoms with Gasteiger partial charge in [0.25, 0.3) is 0 Å². The number of nitrogens with one attached hydrogen (secondary N) is 1. The summed E-state index contributed by atoms with van der Waals surface area (Å²) in [5.74, 6) is -0.624. The fourth-order valence-corrected chi connectivity index (χ4v) is 3.21. The molecule has 0 saturated carbocycles. The van der Waals surface area contributed by atoms with Gasteiger partial charge >= 0.3 is 12.1 Å². The second-order valence-corrected chi connectivity index (χ2v) is 7.76. The van der Waals surface area contributed by atoms with E-state index in [1.54, 1.807) is 50.2 Å². The summed E-state index contributed by atoms with van der Waals surface area (Å²) in [6.45, 7) is 5.69. The first-order valence-electron chi connectivity index (χ1n) is 9.71. The number of carbonyl (C=O) groups is 2. The first-order chi connectivity index (χ1) is 14.7. The van der Waals surface area contributed by atoms with Crippen LogP contribution in [-0.4, -0.2) is 36.0 Å². The monoisotopic (exact) mass is 469 g/mol. The second-order valence-electron chi connectivity index (χ2n) is 6.92. The number of halogens is 2. The minimum absolute atomic E-state index is 0.0468. The van der Waals surface area contributed by atoms with Gasteiger partial charge < -0.3 is 19.3 Å². The number of carbonyl (C=O) groups excluding carboxylic acids is 1. The van der Waals surface area contributed by atoms with Gasteiger partial charge in [-0.1, -0.05) is 35.3 Å². The molecule has 9 heteroatoms. The van der Waals surface area contributed by atoms with Crippen molar-refractivity contribution in [3.63, 3.8) is 0 Å².